The number of benzene rings is 2. The maximum absolute atomic E-state index is 12.3. The molecule has 0 unspecified atom stereocenters. The van der Waals surface area contributed by atoms with Gasteiger partial charge in [0.25, 0.3) is 0 Å². The molecule has 0 radical (unpaired) electrons. The predicted octanol–water partition coefficient (Wildman–Crippen LogP) is 4.04. The second-order valence-corrected chi connectivity index (χ2v) is 6.13. The van der Waals surface area contributed by atoms with E-state index in [2.05, 4.69) is 22.5 Å². The Balaban J connectivity index is 1.92. The number of nitrogens with one attached hydrogen (secondary N) is 3. The number of para-hydroxylation sites is 2. The maximum atomic E-state index is 12.3. The van der Waals surface area contributed by atoms with Crippen molar-refractivity contribution in [3.63, 3.8) is 0 Å². The Morgan fingerprint density at radius 3 is 2.48 bits per heavy atom. The van der Waals surface area contributed by atoms with Gasteiger partial charge in [0.15, 0.2) is 0 Å². The number of hydrogen-bond donors (Lipinski definition) is 3. The molecule has 142 valence electrons. The fourth-order valence-corrected chi connectivity index (χ4v) is 2.23. The van der Waals surface area contributed by atoms with Crippen LogP contribution in [-0.4, -0.2) is 25.0 Å². The van der Waals surface area contributed by atoms with Gasteiger partial charge < -0.3 is 20.7 Å². The first-order chi connectivity index (χ1) is 13.0. The number of amides is 2. The van der Waals surface area contributed by atoms with Gasteiger partial charge in [-0.3, -0.25) is 9.59 Å². The quantitative estimate of drug-likeness (QED) is 0.585. The minimum atomic E-state index is -0.204. The third kappa shape index (κ3) is 6.86. The Labute approximate surface area is 159 Å². The van der Waals surface area contributed by atoms with Crippen LogP contribution in [0.2, 0.25) is 0 Å². The molecule has 2 aromatic carbocycles. The van der Waals surface area contributed by atoms with E-state index in [1.165, 1.54) is 0 Å². The molecule has 0 bridgehead atoms. The molecule has 0 aliphatic heterocycles. The first kappa shape index (κ1) is 20.0. The normalized spacial score (nSPS) is 10.0. The van der Waals surface area contributed by atoms with E-state index in [0.717, 1.165) is 11.3 Å². The number of carbonyl (C=O) groups is 2. The van der Waals surface area contributed by atoms with E-state index in [4.69, 9.17) is 4.74 Å². The third-order valence-corrected chi connectivity index (χ3v) is 3.56. The number of hydrogen-bond acceptors (Lipinski definition) is 4. The molecule has 0 spiro atoms. The van der Waals surface area contributed by atoms with Crippen LogP contribution in [0.4, 0.5) is 17.1 Å². The van der Waals surface area contributed by atoms with Crippen molar-refractivity contribution in [2.75, 3.05) is 29.1 Å². The van der Waals surface area contributed by atoms with Gasteiger partial charge in [-0.15, -0.1) is 0 Å². The van der Waals surface area contributed by atoms with Crippen molar-refractivity contribution in [2.45, 2.75) is 20.3 Å². The number of anilines is 3. The summed E-state index contributed by atoms with van der Waals surface area (Å²) in [7, 11) is 0. The lowest BCUT2D eigenvalue weighted by atomic mass is 10.2. The molecule has 6 nitrogen and oxygen atoms in total. The van der Waals surface area contributed by atoms with Crippen molar-refractivity contribution in [3.05, 3.63) is 60.7 Å². The zero-order valence-electron chi connectivity index (χ0n) is 15.7. The molecular weight excluding hydrogens is 342 g/mol. The average Bonchev–Trinajstić information content (AvgIpc) is 2.66. The van der Waals surface area contributed by atoms with Crippen molar-refractivity contribution >= 4 is 28.9 Å². The van der Waals surface area contributed by atoms with Gasteiger partial charge >= 0.3 is 0 Å². The van der Waals surface area contributed by atoms with Crippen LogP contribution >= 0.6 is 0 Å². The molecule has 6 heteroatoms. The molecular formula is C21H25N3O3. The molecule has 2 amide bonds. The summed E-state index contributed by atoms with van der Waals surface area (Å²) >= 11 is 0. The van der Waals surface area contributed by atoms with Crippen LogP contribution in [0, 0.1) is 0 Å². The Kier molecular flexibility index (Phi) is 7.43. The first-order valence-electron chi connectivity index (χ1n) is 8.77. The lowest BCUT2D eigenvalue weighted by Crippen LogP contribution is -2.22. The summed E-state index contributed by atoms with van der Waals surface area (Å²) in [6.45, 7) is 7.95. The summed E-state index contributed by atoms with van der Waals surface area (Å²) < 4.78 is 5.65. The monoisotopic (exact) mass is 367 g/mol. The number of ether oxygens (including phenoxy) is 1. The van der Waals surface area contributed by atoms with E-state index < -0.39 is 0 Å². The minimum absolute atomic E-state index is 0.0590. The highest BCUT2D eigenvalue weighted by molar-refractivity contribution is 5.95. The summed E-state index contributed by atoms with van der Waals surface area (Å²) in [5.74, 6) is 0.332. The van der Waals surface area contributed by atoms with Crippen molar-refractivity contribution < 1.29 is 14.3 Å². The fraction of sp³-hybridized carbons (Fsp3) is 0.238. The topological polar surface area (TPSA) is 79.5 Å². The van der Waals surface area contributed by atoms with Gasteiger partial charge in [-0.2, -0.15) is 0 Å². The second kappa shape index (κ2) is 10.0. The maximum Gasteiger partial charge on any atom is 0.243 e. The zero-order valence-corrected chi connectivity index (χ0v) is 15.7. The number of rotatable bonds is 9. The van der Waals surface area contributed by atoms with E-state index in [1.807, 2.05) is 31.2 Å². The van der Waals surface area contributed by atoms with Crippen LogP contribution in [0.25, 0.3) is 0 Å². The summed E-state index contributed by atoms with van der Waals surface area (Å²) in [5, 5.41) is 8.67. The van der Waals surface area contributed by atoms with Gasteiger partial charge in [-0.1, -0.05) is 31.7 Å². The summed E-state index contributed by atoms with van der Waals surface area (Å²) in [6.07, 6.45) is 0.410. The lowest BCUT2D eigenvalue weighted by Gasteiger charge is -2.13. The SMILES string of the molecule is C=C(C)COc1ccccc1NC(=O)CNc1cccc(NC(=O)CC)c1. The average molecular weight is 367 g/mol. The molecule has 0 fully saturated rings. The summed E-state index contributed by atoms with van der Waals surface area (Å²) in [6, 6.07) is 14.5. The summed E-state index contributed by atoms with van der Waals surface area (Å²) in [5.41, 5.74) is 2.93. The van der Waals surface area contributed by atoms with E-state index in [9.17, 15) is 9.59 Å². The van der Waals surface area contributed by atoms with Gasteiger partial charge in [-0.25, -0.2) is 0 Å². The highest BCUT2D eigenvalue weighted by atomic mass is 16.5. The lowest BCUT2D eigenvalue weighted by molar-refractivity contribution is -0.116. The van der Waals surface area contributed by atoms with Gasteiger partial charge in [0.05, 0.1) is 12.2 Å². The highest BCUT2D eigenvalue weighted by Crippen LogP contribution is 2.24. The largest absolute Gasteiger partial charge is 0.487 e. The van der Waals surface area contributed by atoms with Crippen LogP contribution in [0.1, 0.15) is 20.3 Å². The zero-order chi connectivity index (χ0) is 19.6. The minimum Gasteiger partial charge on any atom is -0.487 e. The van der Waals surface area contributed by atoms with Crippen molar-refractivity contribution in [1.82, 2.24) is 0 Å². The molecule has 0 aliphatic carbocycles. The molecule has 0 atom stereocenters. The molecule has 2 aromatic rings. The van der Waals surface area contributed by atoms with Crippen LogP contribution in [0.15, 0.2) is 60.7 Å². The van der Waals surface area contributed by atoms with Gasteiger partial charge in [0.2, 0.25) is 11.8 Å². The molecule has 0 aromatic heterocycles. The number of carbonyl (C=O) groups excluding carboxylic acids is 2. The second-order valence-electron chi connectivity index (χ2n) is 6.13. The standard InChI is InChI=1S/C21H25N3O3/c1-4-20(25)23-17-9-7-8-16(12-17)22-13-21(26)24-18-10-5-6-11-19(18)27-14-15(2)3/h5-12,22H,2,4,13-14H2,1,3H3,(H,23,25)(H,24,26). The van der Waals surface area contributed by atoms with E-state index in [0.29, 0.717) is 30.2 Å². The predicted molar refractivity (Wildman–Crippen MR) is 109 cm³/mol. The van der Waals surface area contributed by atoms with Crippen molar-refractivity contribution in [2.24, 2.45) is 0 Å². The van der Waals surface area contributed by atoms with Crippen LogP contribution < -0.4 is 20.7 Å². The first-order valence-corrected chi connectivity index (χ1v) is 8.77. The van der Waals surface area contributed by atoms with E-state index in [-0.39, 0.29) is 18.4 Å². The molecule has 0 heterocycles. The molecule has 27 heavy (non-hydrogen) atoms. The van der Waals surface area contributed by atoms with Crippen molar-refractivity contribution in [3.8, 4) is 5.75 Å². The van der Waals surface area contributed by atoms with E-state index >= 15 is 0 Å². The molecule has 3 N–H and O–H groups in total. The summed E-state index contributed by atoms with van der Waals surface area (Å²) in [4.78, 5) is 23.7. The third-order valence-electron chi connectivity index (χ3n) is 3.56. The van der Waals surface area contributed by atoms with Gasteiger partial charge in [0.1, 0.15) is 12.4 Å². The Morgan fingerprint density at radius 1 is 1.00 bits per heavy atom. The smallest absolute Gasteiger partial charge is 0.243 e. The molecule has 0 saturated carbocycles. The fourth-order valence-electron chi connectivity index (χ4n) is 2.23. The molecule has 2 rings (SSSR count). The van der Waals surface area contributed by atoms with Gasteiger partial charge in [0, 0.05) is 17.8 Å². The molecule has 0 aliphatic rings. The van der Waals surface area contributed by atoms with Crippen LogP contribution in [-0.2, 0) is 9.59 Å². The Hall–Kier alpha value is -3.28. The van der Waals surface area contributed by atoms with Crippen molar-refractivity contribution in [1.29, 1.82) is 0 Å². The molecule has 0 saturated heterocycles. The Bertz CT molecular complexity index is 818. The van der Waals surface area contributed by atoms with E-state index in [1.54, 1.807) is 31.2 Å². The van der Waals surface area contributed by atoms with Gasteiger partial charge in [-0.05, 0) is 42.8 Å². The highest BCUT2D eigenvalue weighted by Gasteiger charge is 2.08. The van der Waals surface area contributed by atoms with Crippen LogP contribution in [0.5, 0.6) is 5.75 Å². The Morgan fingerprint density at radius 2 is 1.74 bits per heavy atom. The van der Waals surface area contributed by atoms with Crippen LogP contribution in [0.3, 0.4) is 0 Å².